The topological polar surface area (TPSA) is 46.9 Å². The molecule has 0 saturated carbocycles. The van der Waals surface area contributed by atoms with E-state index >= 15 is 0 Å². The van der Waals surface area contributed by atoms with Crippen molar-refractivity contribution in [1.82, 2.24) is 14.9 Å². The van der Waals surface area contributed by atoms with Crippen LogP contribution in [-0.2, 0) is 11.3 Å². The van der Waals surface area contributed by atoms with E-state index in [1.54, 1.807) is 35.4 Å². The summed E-state index contributed by atoms with van der Waals surface area (Å²) in [5.74, 6) is -0.479. The highest BCUT2D eigenvalue weighted by Gasteiger charge is 2.21. The van der Waals surface area contributed by atoms with Crippen molar-refractivity contribution >= 4 is 17.7 Å². The Morgan fingerprint density at radius 1 is 1.03 bits per heavy atom. The summed E-state index contributed by atoms with van der Waals surface area (Å²) < 4.78 is 16.1. The number of amides is 1. The smallest absolute Gasteiger partial charge is 0.238 e. The van der Waals surface area contributed by atoms with E-state index in [0.29, 0.717) is 11.3 Å². The maximum atomic E-state index is 14.5. The molecule has 0 bridgehead atoms. The second-order valence-corrected chi connectivity index (χ2v) is 7.87. The van der Waals surface area contributed by atoms with Gasteiger partial charge < -0.3 is 9.88 Å². The van der Waals surface area contributed by atoms with E-state index in [0.717, 1.165) is 10.5 Å². The molecule has 150 valence electrons. The summed E-state index contributed by atoms with van der Waals surface area (Å²) in [6, 6.07) is 24.4. The number of thioether (sulfide) groups is 1. The van der Waals surface area contributed by atoms with E-state index in [9.17, 15) is 9.18 Å². The Morgan fingerprint density at radius 3 is 2.43 bits per heavy atom. The summed E-state index contributed by atoms with van der Waals surface area (Å²) in [5.41, 5.74) is 2.04. The van der Waals surface area contributed by atoms with Crippen LogP contribution in [0.3, 0.4) is 0 Å². The van der Waals surface area contributed by atoms with Crippen molar-refractivity contribution in [2.24, 2.45) is 0 Å². The van der Waals surface area contributed by atoms with E-state index in [4.69, 9.17) is 0 Å². The molecular weight excluding hydrogens is 397 g/mol. The van der Waals surface area contributed by atoms with Crippen LogP contribution >= 0.6 is 11.8 Å². The predicted molar refractivity (Wildman–Crippen MR) is 117 cm³/mol. The van der Waals surface area contributed by atoms with Crippen molar-refractivity contribution in [1.29, 1.82) is 0 Å². The molecule has 30 heavy (non-hydrogen) atoms. The summed E-state index contributed by atoms with van der Waals surface area (Å²) in [6.07, 6.45) is 4.83. The van der Waals surface area contributed by atoms with Gasteiger partial charge in [-0.25, -0.2) is 9.37 Å². The average molecular weight is 418 g/mol. The molecule has 1 N–H and O–H groups in total. The number of halogens is 1. The van der Waals surface area contributed by atoms with Gasteiger partial charge in [-0.05, 0) is 35.4 Å². The van der Waals surface area contributed by atoms with Gasteiger partial charge in [0.15, 0.2) is 0 Å². The first-order valence-electron chi connectivity index (χ1n) is 9.52. The van der Waals surface area contributed by atoms with Gasteiger partial charge in [0.25, 0.3) is 0 Å². The zero-order valence-electron chi connectivity index (χ0n) is 16.1. The van der Waals surface area contributed by atoms with Crippen molar-refractivity contribution < 1.29 is 9.18 Å². The molecule has 6 heteroatoms. The number of benzene rings is 3. The van der Waals surface area contributed by atoms with Crippen LogP contribution in [0, 0.1) is 5.82 Å². The lowest BCUT2D eigenvalue weighted by atomic mass is 10.1. The average Bonchev–Trinajstić information content (AvgIpc) is 3.32. The number of carbonyl (C=O) groups is 1. The molecule has 0 aliphatic rings. The van der Waals surface area contributed by atoms with E-state index < -0.39 is 5.25 Å². The first kappa shape index (κ1) is 19.9. The van der Waals surface area contributed by atoms with E-state index in [1.807, 2.05) is 60.7 Å². The first-order valence-corrected chi connectivity index (χ1v) is 10.4. The fourth-order valence-electron chi connectivity index (χ4n) is 3.09. The molecule has 0 spiro atoms. The highest BCUT2D eigenvalue weighted by molar-refractivity contribution is 8.00. The maximum Gasteiger partial charge on any atom is 0.238 e. The zero-order valence-corrected chi connectivity index (χ0v) is 16.9. The Kier molecular flexibility index (Phi) is 6.25. The lowest BCUT2D eigenvalue weighted by molar-refractivity contribution is -0.120. The molecule has 4 aromatic rings. The summed E-state index contributed by atoms with van der Waals surface area (Å²) >= 11 is 1.49. The van der Waals surface area contributed by atoms with Gasteiger partial charge in [0.05, 0.1) is 12.0 Å². The summed E-state index contributed by atoms with van der Waals surface area (Å²) in [5, 5.41) is 2.55. The first-order chi connectivity index (χ1) is 14.7. The van der Waals surface area contributed by atoms with Gasteiger partial charge in [-0.3, -0.25) is 4.79 Å². The normalized spacial score (nSPS) is 11.8. The molecule has 1 amide bonds. The molecule has 3 aromatic carbocycles. The molecule has 4 rings (SSSR count). The van der Waals surface area contributed by atoms with Gasteiger partial charge in [-0.2, -0.15) is 0 Å². The fourth-order valence-corrected chi connectivity index (χ4v) is 4.16. The Balaban J connectivity index is 1.48. The third kappa shape index (κ3) is 4.78. The largest absolute Gasteiger partial charge is 0.351 e. The zero-order chi connectivity index (χ0) is 20.8. The van der Waals surface area contributed by atoms with Gasteiger partial charge >= 0.3 is 0 Å². The Hall–Kier alpha value is -3.38. The van der Waals surface area contributed by atoms with Crippen molar-refractivity contribution in [3.63, 3.8) is 0 Å². The van der Waals surface area contributed by atoms with Gasteiger partial charge in [0, 0.05) is 23.8 Å². The van der Waals surface area contributed by atoms with Gasteiger partial charge in [0.2, 0.25) is 5.91 Å². The van der Waals surface area contributed by atoms with Crippen LogP contribution < -0.4 is 5.32 Å². The quantitative estimate of drug-likeness (QED) is 0.423. The number of imidazole rings is 1. The molecule has 0 aliphatic carbocycles. The molecule has 1 aromatic heterocycles. The molecule has 0 radical (unpaired) electrons. The summed E-state index contributed by atoms with van der Waals surface area (Å²) in [4.78, 5) is 18.0. The van der Waals surface area contributed by atoms with Crippen LogP contribution in [-0.4, -0.2) is 15.5 Å². The second-order valence-electron chi connectivity index (χ2n) is 6.70. The highest BCUT2D eigenvalue weighted by atomic mass is 32.2. The fraction of sp³-hybridized carbons (Fsp3) is 0.0833. The van der Waals surface area contributed by atoms with Crippen LogP contribution in [0.2, 0.25) is 0 Å². The van der Waals surface area contributed by atoms with Crippen LogP contribution in [0.1, 0.15) is 16.4 Å². The number of rotatable bonds is 7. The lowest BCUT2D eigenvalue weighted by Crippen LogP contribution is -2.27. The van der Waals surface area contributed by atoms with E-state index in [1.165, 1.54) is 17.8 Å². The molecule has 1 atom stereocenters. The number of nitrogens with one attached hydrogen (secondary N) is 1. The number of nitrogens with zero attached hydrogens (tertiary/aromatic N) is 2. The lowest BCUT2D eigenvalue weighted by Gasteiger charge is -2.17. The highest BCUT2D eigenvalue weighted by Crippen LogP contribution is 2.35. The predicted octanol–water partition coefficient (Wildman–Crippen LogP) is 5.16. The van der Waals surface area contributed by atoms with Crippen LogP contribution in [0.4, 0.5) is 4.39 Å². The number of hydrogen-bond acceptors (Lipinski definition) is 3. The van der Waals surface area contributed by atoms with E-state index in [2.05, 4.69) is 10.3 Å². The molecule has 4 nitrogen and oxygen atoms in total. The van der Waals surface area contributed by atoms with Crippen molar-refractivity contribution in [2.45, 2.75) is 16.7 Å². The molecule has 0 saturated heterocycles. The molecule has 1 heterocycles. The second kappa shape index (κ2) is 9.41. The molecular formula is C24H20FN3OS. The van der Waals surface area contributed by atoms with Crippen LogP contribution in [0.25, 0.3) is 5.69 Å². The van der Waals surface area contributed by atoms with Crippen molar-refractivity contribution in [3.8, 4) is 5.69 Å². The Morgan fingerprint density at radius 2 is 1.77 bits per heavy atom. The van der Waals surface area contributed by atoms with Crippen molar-refractivity contribution in [3.05, 3.63) is 115 Å². The third-order valence-electron chi connectivity index (χ3n) is 4.60. The number of hydrogen-bond donors (Lipinski definition) is 1. The number of aromatic nitrogens is 2. The van der Waals surface area contributed by atoms with Crippen LogP contribution in [0.15, 0.2) is 102 Å². The molecule has 1 unspecified atom stereocenters. The minimum Gasteiger partial charge on any atom is -0.351 e. The minimum atomic E-state index is -0.399. The van der Waals surface area contributed by atoms with Gasteiger partial charge in [0.1, 0.15) is 11.1 Å². The Labute approximate surface area is 178 Å². The monoisotopic (exact) mass is 417 g/mol. The maximum absolute atomic E-state index is 14.5. The van der Waals surface area contributed by atoms with Gasteiger partial charge in [-0.1, -0.05) is 54.6 Å². The third-order valence-corrected chi connectivity index (χ3v) is 5.87. The van der Waals surface area contributed by atoms with Crippen molar-refractivity contribution in [2.75, 3.05) is 0 Å². The Bertz CT molecular complexity index is 1100. The molecule has 0 fully saturated rings. The standard InChI is InChI=1S/C24H20FN3OS/c25-21-15-18(11-12-22(21)28-14-13-26-17-28)16-27-24(29)23(19-7-3-1-4-8-19)30-20-9-5-2-6-10-20/h1-15,17,23H,16H2,(H,27,29). The summed E-state index contributed by atoms with van der Waals surface area (Å²) in [6.45, 7) is 0.249. The van der Waals surface area contributed by atoms with Crippen LogP contribution in [0.5, 0.6) is 0 Å². The van der Waals surface area contributed by atoms with Gasteiger partial charge in [-0.15, -0.1) is 11.8 Å². The SMILES string of the molecule is O=C(NCc1ccc(-n2ccnc2)c(F)c1)C(Sc1ccccc1)c1ccccc1. The minimum absolute atomic E-state index is 0.117. The molecule has 0 aliphatic heterocycles. The number of carbonyl (C=O) groups excluding carboxylic acids is 1. The summed E-state index contributed by atoms with van der Waals surface area (Å²) in [7, 11) is 0. The van der Waals surface area contributed by atoms with E-state index in [-0.39, 0.29) is 18.3 Å².